The van der Waals surface area contributed by atoms with Crippen molar-refractivity contribution in [1.82, 2.24) is 25.1 Å². The minimum Gasteiger partial charge on any atom is -0.494 e. The molecule has 2 aliphatic rings. The Bertz CT molecular complexity index is 2180. The molecule has 1 aliphatic heterocycles. The molecule has 11 nitrogen and oxygen atoms in total. The number of nitrogens with one attached hydrogen (secondary N) is 1. The van der Waals surface area contributed by atoms with Crippen LogP contribution >= 0.6 is 11.6 Å². The van der Waals surface area contributed by atoms with Crippen LogP contribution in [0.25, 0.3) is 22.2 Å². The number of aliphatic hydroxyl groups is 1. The third-order valence-electron chi connectivity index (χ3n) is 8.96. The van der Waals surface area contributed by atoms with E-state index in [1.807, 2.05) is 10.9 Å². The van der Waals surface area contributed by atoms with Gasteiger partial charge >= 0.3 is 0 Å². The maximum atomic E-state index is 15.3. The fraction of sp³-hybridized carbons (Fsp3) is 0.265. The van der Waals surface area contributed by atoms with Gasteiger partial charge in [-0.2, -0.15) is 5.10 Å². The highest BCUT2D eigenvalue weighted by Crippen LogP contribution is 2.47. The Balaban J connectivity index is 1.35. The van der Waals surface area contributed by atoms with Crippen molar-refractivity contribution in [3.63, 3.8) is 0 Å². The highest BCUT2D eigenvalue weighted by molar-refractivity contribution is 6.31. The first-order chi connectivity index (χ1) is 23.3. The number of aromatic nitrogens is 4. The number of hydrogen-bond acceptors (Lipinski definition) is 8. The molecule has 1 saturated carbocycles. The maximum Gasteiger partial charge on any atom is 0.251 e. The van der Waals surface area contributed by atoms with Gasteiger partial charge in [0.2, 0.25) is 5.91 Å². The van der Waals surface area contributed by atoms with Crippen LogP contribution in [0.4, 0.5) is 13.2 Å². The van der Waals surface area contributed by atoms with Gasteiger partial charge in [0.15, 0.2) is 5.60 Å². The molecule has 7 rings (SSSR count). The van der Waals surface area contributed by atoms with E-state index >= 15 is 4.39 Å². The lowest BCUT2D eigenvalue weighted by atomic mass is 9.81. The number of pyridine rings is 2. The number of nitrogens with two attached hydrogens (primary N) is 1. The Kier molecular flexibility index (Phi) is 7.75. The van der Waals surface area contributed by atoms with Gasteiger partial charge in [-0.1, -0.05) is 11.6 Å². The topological polar surface area (TPSA) is 154 Å². The van der Waals surface area contributed by atoms with E-state index in [0.29, 0.717) is 28.8 Å². The van der Waals surface area contributed by atoms with Crippen LogP contribution in [0.2, 0.25) is 5.02 Å². The van der Waals surface area contributed by atoms with Crippen molar-refractivity contribution in [3.8, 4) is 22.8 Å². The number of hydrogen-bond donors (Lipinski definition) is 3. The molecule has 0 spiro atoms. The average molecular weight is 693 g/mol. The number of primary amides is 1. The van der Waals surface area contributed by atoms with Crippen LogP contribution in [0.1, 0.15) is 53.1 Å². The number of fused-ring (bicyclic) bond motifs is 2. The highest BCUT2D eigenvalue weighted by atomic mass is 35.5. The number of methoxy groups -OCH3 is 1. The zero-order valence-corrected chi connectivity index (χ0v) is 26.8. The summed E-state index contributed by atoms with van der Waals surface area (Å²) in [5.41, 5.74) is 1.96. The molecule has 0 bridgehead atoms. The van der Waals surface area contributed by atoms with Gasteiger partial charge in [0.05, 0.1) is 42.3 Å². The third kappa shape index (κ3) is 5.50. The number of rotatable bonds is 9. The summed E-state index contributed by atoms with van der Waals surface area (Å²) >= 11 is 6.01. The van der Waals surface area contributed by atoms with Gasteiger partial charge in [0.1, 0.15) is 52.2 Å². The molecule has 15 heteroatoms. The monoisotopic (exact) mass is 692 g/mol. The van der Waals surface area contributed by atoms with Crippen molar-refractivity contribution >= 4 is 34.3 Å². The van der Waals surface area contributed by atoms with Crippen molar-refractivity contribution in [2.24, 2.45) is 5.73 Å². The average Bonchev–Trinajstić information content (AvgIpc) is 3.75. The Morgan fingerprint density at radius 3 is 2.61 bits per heavy atom. The van der Waals surface area contributed by atoms with Gasteiger partial charge in [-0.05, 0) is 56.2 Å². The number of benzene rings is 2. The molecule has 5 aromatic rings. The predicted octanol–water partition coefficient (Wildman–Crippen LogP) is 4.71. The smallest absolute Gasteiger partial charge is 0.251 e. The fourth-order valence-corrected chi connectivity index (χ4v) is 6.03. The molecule has 1 aliphatic carbocycles. The SMILES string of the molecule is COc1cc(C(=O)NC[C@@](O)(c2ccc(F)cn2)c2cc3c(c(-c4cc(Cl)c(F)cc4F)n2)OC[C@]3(C)C(N)=O)cc2cn(C3CC3)nc12. The number of amides is 2. The van der Waals surface area contributed by atoms with E-state index in [1.54, 1.807) is 6.07 Å². The van der Waals surface area contributed by atoms with Crippen molar-refractivity contribution < 1.29 is 37.3 Å². The lowest BCUT2D eigenvalue weighted by Gasteiger charge is -2.29. The van der Waals surface area contributed by atoms with Crippen LogP contribution in [0.5, 0.6) is 11.5 Å². The van der Waals surface area contributed by atoms with E-state index in [9.17, 15) is 23.5 Å². The zero-order valence-electron chi connectivity index (χ0n) is 26.1. The molecule has 0 radical (unpaired) electrons. The summed E-state index contributed by atoms with van der Waals surface area (Å²) < 4.78 is 56.7. The van der Waals surface area contributed by atoms with Crippen molar-refractivity contribution in [2.75, 3.05) is 20.3 Å². The fourth-order valence-electron chi connectivity index (χ4n) is 5.86. The molecule has 4 heterocycles. The molecular formula is C34H28ClF3N6O5. The largest absolute Gasteiger partial charge is 0.494 e. The van der Waals surface area contributed by atoms with E-state index < -0.39 is 51.8 Å². The molecule has 49 heavy (non-hydrogen) atoms. The zero-order chi connectivity index (χ0) is 34.8. The second-order valence-electron chi connectivity index (χ2n) is 12.3. The van der Waals surface area contributed by atoms with E-state index in [0.717, 1.165) is 31.2 Å². The van der Waals surface area contributed by atoms with Gasteiger partial charge in [-0.3, -0.25) is 19.3 Å². The summed E-state index contributed by atoms with van der Waals surface area (Å²) in [4.78, 5) is 35.0. The van der Waals surface area contributed by atoms with Crippen molar-refractivity contribution in [1.29, 1.82) is 0 Å². The van der Waals surface area contributed by atoms with Crippen LogP contribution in [-0.2, 0) is 15.8 Å². The first-order valence-corrected chi connectivity index (χ1v) is 15.5. The molecule has 0 saturated heterocycles. The first-order valence-electron chi connectivity index (χ1n) is 15.2. The summed E-state index contributed by atoms with van der Waals surface area (Å²) in [6, 6.07) is 8.57. The van der Waals surface area contributed by atoms with Crippen molar-refractivity contribution in [2.45, 2.75) is 36.8 Å². The Hall–Kier alpha value is -5.21. The molecule has 2 amide bonds. The standard InChI is InChI=1S/C34H28ClF3N6O5/c1-33(32(39)46)15-49-30-21(33)10-27(42-29(30)20-9-22(35)24(38)11-23(20)37)34(47,26-6-3-18(36)12-40-26)14-41-31(45)16-7-17-13-44(19-4-5-19)43-28(17)25(8-16)48-2/h3,6-13,19,47H,4-5,14-15H2,1-2H3,(H2,39,46)(H,41,45)/t33-,34+/m0/s1. The number of ether oxygens (including phenoxy) is 2. The summed E-state index contributed by atoms with van der Waals surface area (Å²) in [5, 5.41) is 20.0. The van der Waals surface area contributed by atoms with Gasteiger partial charge in [-0.15, -0.1) is 0 Å². The quantitative estimate of drug-likeness (QED) is 0.188. The van der Waals surface area contributed by atoms with Gasteiger partial charge in [-0.25, -0.2) is 18.2 Å². The van der Waals surface area contributed by atoms with Gasteiger partial charge in [0.25, 0.3) is 5.91 Å². The predicted molar refractivity (Wildman–Crippen MR) is 171 cm³/mol. The Morgan fingerprint density at radius 1 is 1.16 bits per heavy atom. The molecular weight excluding hydrogens is 665 g/mol. The summed E-state index contributed by atoms with van der Waals surface area (Å²) in [5.74, 6) is -3.88. The van der Waals surface area contributed by atoms with Gasteiger partial charge < -0.3 is 25.6 Å². The first kappa shape index (κ1) is 32.3. The molecule has 0 unspecified atom stereocenters. The summed E-state index contributed by atoms with van der Waals surface area (Å²) in [6.45, 7) is 0.657. The van der Waals surface area contributed by atoms with Crippen LogP contribution in [0, 0.1) is 17.5 Å². The lowest BCUT2D eigenvalue weighted by molar-refractivity contribution is -0.123. The minimum atomic E-state index is -2.32. The number of carbonyl (C=O) groups excluding carboxylic acids is 2. The van der Waals surface area contributed by atoms with E-state index in [2.05, 4.69) is 20.4 Å². The Morgan fingerprint density at radius 2 is 1.94 bits per heavy atom. The summed E-state index contributed by atoms with van der Waals surface area (Å²) in [7, 11) is 1.46. The Labute approximate surface area is 281 Å². The normalized spacial score (nSPS) is 18.1. The molecule has 3 aromatic heterocycles. The number of halogens is 4. The lowest BCUT2D eigenvalue weighted by Crippen LogP contribution is -2.44. The van der Waals surface area contributed by atoms with E-state index in [4.69, 9.17) is 26.8 Å². The molecule has 252 valence electrons. The molecule has 2 atom stereocenters. The second-order valence-corrected chi connectivity index (χ2v) is 12.7. The molecule has 2 aromatic carbocycles. The van der Waals surface area contributed by atoms with Crippen LogP contribution in [0.15, 0.2) is 54.9 Å². The van der Waals surface area contributed by atoms with Crippen LogP contribution in [0.3, 0.4) is 0 Å². The van der Waals surface area contributed by atoms with Gasteiger partial charge in [0, 0.05) is 34.3 Å². The minimum absolute atomic E-state index is 0.0442. The van der Waals surface area contributed by atoms with Crippen molar-refractivity contribution in [3.05, 3.63) is 99.8 Å². The number of carbonyl (C=O) groups is 2. The highest BCUT2D eigenvalue weighted by Gasteiger charge is 2.46. The second kappa shape index (κ2) is 11.7. The molecule has 4 N–H and O–H groups in total. The summed E-state index contributed by atoms with van der Waals surface area (Å²) in [6.07, 6.45) is 4.70. The van der Waals surface area contributed by atoms with E-state index in [1.165, 1.54) is 32.2 Å². The third-order valence-corrected chi connectivity index (χ3v) is 9.25. The number of nitrogens with zero attached hydrogens (tertiary/aromatic N) is 4. The molecule has 1 fully saturated rings. The maximum absolute atomic E-state index is 15.3. The van der Waals surface area contributed by atoms with Crippen LogP contribution in [-0.4, -0.2) is 56.9 Å². The van der Waals surface area contributed by atoms with E-state index in [-0.39, 0.29) is 46.1 Å². The van der Waals surface area contributed by atoms with Crippen LogP contribution < -0.4 is 20.5 Å².